The third-order valence-corrected chi connectivity index (χ3v) is 5.05. The van der Waals surface area contributed by atoms with Gasteiger partial charge in [-0.05, 0) is 50.8 Å². The lowest BCUT2D eigenvalue weighted by atomic mass is 10.2. The van der Waals surface area contributed by atoms with E-state index in [9.17, 15) is 4.79 Å². The fraction of sp³-hybridized carbons (Fsp3) is 0.882. The number of likely N-dealkylation sites (N-methyl/N-ethyl adjacent to an activating group) is 2. The number of nitrogens with one attached hydrogen (secondary N) is 2. The van der Waals surface area contributed by atoms with Gasteiger partial charge in [0.1, 0.15) is 6.54 Å². The first kappa shape index (κ1) is 24.8. The van der Waals surface area contributed by atoms with Crippen LogP contribution < -0.4 is 10.6 Å². The molecule has 0 aromatic carbocycles. The molecule has 8 heteroatoms. The van der Waals surface area contributed by atoms with E-state index in [1.165, 1.54) is 31.6 Å². The first-order chi connectivity index (χ1) is 11.6. The fourth-order valence-corrected chi connectivity index (χ4v) is 3.29. The van der Waals surface area contributed by atoms with Crippen LogP contribution in [-0.4, -0.2) is 86.5 Å². The Labute approximate surface area is 175 Å². The molecule has 0 aromatic heterocycles. The first-order valence-corrected chi connectivity index (χ1v) is 10.4. The molecular formula is C17H36IN5OS. The Morgan fingerprint density at radius 3 is 2.72 bits per heavy atom. The van der Waals surface area contributed by atoms with Gasteiger partial charge >= 0.3 is 0 Å². The molecule has 148 valence electrons. The molecule has 1 rings (SSSR count). The summed E-state index contributed by atoms with van der Waals surface area (Å²) in [5.41, 5.74) is 0. The van der Waals surface area contributed by atoms with E-state index in [0.717, 1.165) is 32.0 Å². The smallest absolute Gasteiger partial charge is 0.243 e. The predicted octanol–water partition coefficient (Wildman–Crippen LogP) is 1.86. The van der Waals surface area contributed by atoms with Crippen LogP contribution in [0.5, 0.6) is 0 Å². The highest BCUT2D eigenvalue weighted by Crippen LogP contribution is 2.15. The highest BCUT2D eigenvalue weighted by atomic mass is 127. The number of halogens is 1. The summed E-state index contributed by atoms with van der Waals surface area (Å²) in [4.78, 5) is 20.3. The van der Waals surface area contributed by atoms with Crippen LogP contribution in [0.15, 0.2) is 4.99 Å². The zero-order chi connectivity index (χ0) is 17.8. The molecular weight excluding hydrogens is 449 g/mol. The SMILES string of the molecule is CCN1CCCC1CNC(=NCC(=O)N(C)C)NCCCCSC.I. The van der Waals surface area contributed by atoms with Crippen molar-refractivity contribution in [3.63, 3.8) is 0 Å². The van der Waals surface area contributed by atoms with Crippen LogP contribution in [0, 0.1) is 0 Å². The van der Waals surface area contributed by atoms with E-state index in [2.05, 4.69) is 33.7 Å². The third kappa shape index (κ3) is 10.5. The Balaban J connectivity index is 0.00000576. The number of hydrogen-bond donors (Lipinski definition) is 2. The number of guanidine groups is 1. The van der Waals surface area contributed by atoms with Crippen molar-refractivity contribution in [3.8, 4) is 0 Å². The summed E-state index contributed by atoms with van der Waals surface area (Å²) in [7, 11) is 3.52. The maximum absolute atomic E-state index is 11.8. The number of amides is 1. The van der Waals surface area contributed by atoms with Crippen molar-refractivity contribution in [1.29, 1.82) is 0 Å². The molecule has 1 aliphatic rings. The molecule has 0 bridgehead atoms. The molecule has 1 amide bonds. The molecule has 1 heterocycles. The highest BCUT2D eigenvalue weighted by Gasteiger charge is 2.22. The van der Waals surface area contributed by atoms with Gasteiger partial charge in [0.2, 0.25) is 5.91 Å². The number of rotatable bonds is 10. The van der Waals surface area contributed by atoms with Crippen LogP contribution in [0.2, 0.25) is 0 Å². The maximum Gasteiger partial charge on any atom is 0.243 e. The van der Waals surface area contributed by atoms with Gasteiger partial charge in [-0.1, -0.05) is 6.92 Å². The van der Waals surface area contributed by atoms with Crippen LogP contribution in [0.4, 0.5) is 0 Å². The first-order valence-electron chi connectivity index (χ1n) is 9.03. The van der Waals surface area contributed by atoms with Gasteiger partial charge in [0.05, 0.1) is 0 Å². The molecule has 0 aliphatic carbocycles. The molecule has 1 fully saturated rings. The summed E-state index contributed by atoms with van der Waals surface area (Å²) < 4.78 is 0. The van der Waals surface area contributed by atoms with E-state index in [1.54, 1.807) is 19.0 Å². The lowest BCUT2D eigenvalue weighted by molar-refractivity contribution is -0.127. The van der Waals surface area contributed by atoms with Crippen molar-refractivity contribution >= 4 is 47.6 Å². The summed E-state index contributed by atoms with van der Waals surface area (Å²) in [5, 5.41) is 6.80. The standard InChI is InChI=1S/C17H35N5OS.HI/c1-5-22-11-8-9-15(22)13-19-17(18-10-6-7-12-24-4)20-14-16(23)21(2)3;/h15H,5-14H2,1-4H3,(H2,18,19,20);1H. The Hall–Kier alpha value is -0.220. The van der Waals surface area contributed by atoms with Gasteiger partial charge in [0.25, 0.3) is 0 Å². The Morgan fingerprint density at radius 2 is 2.08 bits per heavy atom. The van der Waals surface area contributed by atoms with Gasteiger partial charge < -0.3 is 15.5 Å². The Morgan fingerprint density at radius 1 is 1.32 bits per heavy atom. The quantitative estimate of drug-likeness (QED) is 0.214. The summed E-state index contributed by atoms with van der Waals surface area (Å²) >= 11 is 1.88. The summed E-state index contributed by atoms with van der Waals surface area (Å²) in [6, 6.07) is 0.572. The third-order valence-electron chi connectivity index (χ3n) is 4.35. The minimum Gasteiger partial charge on any atom is -0.356 e. The largest absolute Gasteiger partial charge is 0.356 e. The van der Waals surface area contributed by atoms with Crippen molar-refractivity contribution in [2.75, 3.05) is 58.8 Å². The van der Waals surface area contributed by atoms with Crippen molar-refractivity contribution in [3.05, 3.63) is 0 Å². The highest BCUT2D eigenvalue weighted by molar-refractivity contribution is 14.0. The maximum atomic E-state index is 11.8. The number of carbonyl (C=O) groups excluding carboxylic acids is 1. The molecule has 0 radical (unpaired) electrons. The lowest BCUT2D eigenvalue weighted by Crippen LogP contribution is -2.45. The van der Waals surface area contributed by atoms with Crippen LogP contribution in [0.3, 0.4) is 0 Å². The zero-order valence-corrected chi connectivity index (χ0v) is 19.4. The van der Waals surface area contributed by atoms with Gasteiger partial charge in [-0.15, -0.1) is 24.0 Å². The minimum atomic E-state index is 0. The number of unbranched alkanes of at least 4 members (excludes halogenated alkanes) is 1. The summed E-state index contributed by atoms with van der Waals surface area (Å²) in [6.07, 6.45) is 6.96. The van der Waals surface area contributed by atoms with Gasteiger partial charge in [-0.2, -0.15) is 11.8 Å². The molecule has 1 saturated heterocycles. The van der Waals surface area contributed by atoms with Gasteiger partial charge in [0, 0.05) is 33.2 Å². The molecule has 0 saturated carbocycles. The van der Waals surface area contributed by atoms with E-state index in [4.69, 9.17) is 0 Å². The number of carbonyl (C=O) groups is 1. The zero-order valence-electron chi connectivity index (χ0n) is 16.2. The van der Waals surface area contributed by atoms with Gasteiger partial charge in [-0.3, -0.25) is 9.69 Å². The topological polar surface area (TPSA) is 60.0 Å². The number of likely N-dealkylation sites (tertiary alicyclic amines) is 1. The second-order valence-electron chi connectivity index (χ2n) is 6.39. The number of nitrogens with zero attached hydrogens (tertiary/aromatic N) is 3. The molecule has 1 unspecified atom stereocenters. The van der Waals surface area contributed by atoms with Crippen molar-refractivity contribution < 1.29 is 4.79 Å². The number of thioether (sulfide) groups is 1. The van der Waals surface area contributed by atoms with E-state index in [0.29, 0.717) is 6.04 Å². The molecule has 6 nitrogen and oxygen atoms in total. The number of hydrogen-bond acceptors (Lipinski definition) is 4. The second-order valence-corrected chi connectivity index (χ2v) is 7.37. The van der Waals surface area contributed by atoms with Crippen LogP contribution in [0.1, 0.15) is 32.6 Å². The summed E-state index contributed by atoms with van der Waals surface area (Å²) in [5.74, 6) is 1.97. The molecule has 2 N–H and O–H groups in total. The summed E-state index contributed by atoms with van der Waals surface area (Å²) in [6.45, 7) is 6.48. The van der Waals surface area contributed by atoms with Crippen molar-refractivity contribution in [2.24, 2.45) is 4.99 Å². The van der Waals surface area contributed by atoms with Gasteiger partial charge in [-0.25, -0.2) is 4.99 Å². The average Bonchev–Trinajstić information content (AvgIpc) is 3.03. The van der Waals surface area contributed by atoms with Gasteiger partial charge in [0.15, 0.2) is 5.96 Å². The lowest BCUT2D eigenvalue weighted by Gasteiger charge is -2.24. The average molecular weight is 485 g/mol. The van der Waals surface area contributed by atoms with Crippen molar-refractivity contribution in [1.82, 2.24) is 20.4 Å². The van der Waals surface area contributed by atoms with E-state index < -0.39 is 0 Å². The van der Waals surface area contributed by atoms with Crippen LogP contribution >= 0.6 is 35.7 Å². The molecule has 0 aromatic rings. The monoisotopic (exact) mass is 485 g/mol. The van der Waals surface area contributed by atoms with E-state index in [1.807, 2.05) is 11.8 Å². The molecule has 1 aliphatic heterocycles. The predicted molar refractivity (Wildman–Crippen MR) is 120 cm³/mol. The van der Waals surface area contributed by atoms with E-state index >= 15 is 0 Å². The molecule has 0 spiro atoms. The number of aliphatic imine (C=N–C) groups is 1. The Kier molecular flexibility index (Phi) is 14.8. The fourth-order valence-electron chi connectivity index (χ4n) is 2.80. The van der Waals surface area contributed by atoms with E-state index in [-0.39, 0.29) is 36.4 Å². The van der Waals surface area contributed by atoms with Crippen LogP contribution in [-0.2, 0) is 4.79 Å². The normalized spacial score (nSPS) is 17.9. The van der Waals surface area contributed by atoms with Crippen LogP contribution in [0.25, 0.3) is 0 Å². The minimum absolute atomic E-state index is 0. The molecule has 25 heavy (non-hydrogen) atoms. The Bertz CT molecular complexity index is 395. The molecule has 1 atom stereocenters. The van der Waals surface area contributed by atoms with Crippen molar-refractivity contribution in [2.45, 2.75) is 38.6 Å². The second kappa shape index (κ2) is 14.9.